The summed E-state index contributed by atoms with van der Waals surface area (Å²) in [5, 5.41) is 2.95. The number of likely N-dealkylation sites (N-methyl/N-ethyl adjacent to an activating group) is 1. The molecule has 1 heterocycles. The number of rotatable bonds is 7. The second kappa shape index (κ2) is 9.55. The predicted octanol–water partition coefficient (Wildman–Crippen LogP) is 0.293. The molecule has 6 nitrogen and oxygen atoms in total. The van der Waals surface area contributed by atoms with Gasteiger partial charge < -0.3 is 19.4 Å². The second-order valence-corrected chi connectivity index (χ2v) is 3.61. The molecule has 0 aliphatic heterocycles. The molecule has 1 aromatic rings. The first-order valence-corrected chi connectivity index (χ1v) is 5.71. The predicted molar refractivity (Wildman–Crippen MR) is 74.0 cm³/mol. The minimum atomic E-state index is -0.525. The summed E-state index contributed by atoms with van der Waals surface area (Å²) in [6.45, 7) is 2.00. The Morgan fingerprint density at radius 3 is 2.74 bits per heavy atom. The van der Waals surface area contributed by atoms with Crippen molar-refractivity contribution in [3.63, 3.8) is 0 Å². The molecule has 0 radical (unpaired) electrons. The van der Waals surface area contributed by atoms with Crippen molar-refractivity contribution in [2.75, 3.05) is 33.9 Å². The number of nitrogens with zero attached hydrogens (tertiary/aromatic N) is 1. The Kier molecular flexibility index (Phi) is 8.86. The van der Waals surface area contributed by atoms with E-state index in [1.807, 2.05) is 7.05 Å². The Morgan fingerprint density at radius 1 is 1.37 bits per heavy atom. The fourth-order valence-corrected chi connectivity index (χ4v) is 1.47. The molecule has 108 valence electrons. The van der Waals surface area contributed by atoms with Crippen LogP contribution in [-0.4, -0.2) is 44.5 Å². The number of ether oxygens (including phenoxy) is 2. The van der Waals surface area contributed by atoms with Crippen molar-refractivity contribution in [3.8, 4) is 0 Å². The number of carbonyl (C=O) groups is 1. The number of hydrogen-bond donors (Lipinski definition) is 1. The maximum atomic E-state index is 11.7. The molecule has 1 aromatic heterocycles. The topological polar surface area (TPSA) is 69.6 Å². The number of aromatic nitrogens is 1. The van der Waals surface area contributed by atoms with E-state index in [0.29, 0.717) is 19.8 Å². The smallest absolute Gasteiger partial charge is 0.354 e. The lowest BCUT2D eigenvalue weighted by atomic mass is 10.3. The molecule has 0 fully saturated rings. The quantitative estimate of drug-likeness (QED) is 0.577. The fourth-order valence-electron chi connectivity index (χ4n) is 1.47. The van der Waals surface area contributed by atoms with Crippen molar-refractivity contribution in [1.29, 1.82) is 0 Å². The van der Waals surface area contributed by atoms with E-state index in [-0.39, 0.29) is 23.7 Å². The number of pyridine rings is 1. The molecule has 0 saturated carbocycles. The Balaban J connectivity index is 0.00000324. The Hall–Kier alpha value is -1.37. The molecule has 0 unspecified atom stereocenters. The van der Waals surface area contributed by atoms with Crippen molar-refractivity contribution in [2.24, 2.45) is 0 Å². The van der Waals surface area contributed by atoms with E-state index in [4.69, 9.17) is 4.74 Å². The molecule has 0 saturated heterocycles. The highest BCUT2D eigenvalue weighted by molar-refractivity contribution is 5.87. The van der Waals surface area contributed by atoms with Crippen molar-refractivity contribution in [1.82, 2.24) is 9.88 Å². The first-order valence-electron chi connectivity index (χ1n) is 5.71. The SMILES string of the molecule is CNCCOCCn1c(C(=O)OC)cccc1=O.Cl. The van der Waals surface area contributed by atoms with Crippen LogP contribution in [-0.2, 0) is 16.0 Å². The second-order valence-electron chi connectivity index (χ2n) is 3.61. The molecule has 0 spiro atoms. The largest absolute Gasteiger partial charge is 0.464 e. The third-order valence-corrected chi connectivity index (χ3v) is 2.40. The molecule has 0 atom stereocenters. The zero-order valence-corrected chi connectivity index (χ0v) is 11.9. The summed E-state index contributed by atoms with van der Waals surface area (Å²) < 4.78 is 11.3. The summed E-state index contributed by atoms with van der Waals surface area (Å²) in [6, 6.07) is 4.49. The summed E-state index contributed by atoms with van der Waals surface area (Å²) >= 11 is 0. The van der Waals surface area contributed by atoms with E-state index in [2.05, 4.69) is 10.1 Å². The van der Waals surface area contributed by atoms with Crippen LogP contribution in [0.25, 0.3) is 0 Å². The Labute approximate surface area is 118 Å². The monoisotopic (exact) mass is 290 g/mol. The van der Waals surface area contributed by atoms with Gasteiger partial charge in [0.15, 0.2) is 0 Å². The zero-order valence-electron chi connectivity index (χ0n) is 11.0. The van der Waals surface area contributed by atoms with Crippen LogP contribution in [0.4, 0.5) is 0 Å². The summed E-state index contributed by atoms with van der Waals surface area (Å²) in [4.78, 5) is 23.2. The average molecular weight is 291 g/mol. The normalized spacial score (nSPS) is 9.79. The summed E-state index contributed by atoms with van der Waals surface area (Å²) in [7, 11) is 3.12. The van der Waals surface area contributed by atoms with Gasteiger partial charge in [0.1, 0.15) is 5.69 Å². The summed E-state index contributed by atoms with van der Waals surface area (Å²) in [5.41, 5.74) is -0.00247. The number of nitrogens with one attached hydrogen (secondary N) is 1. The third-order valence-electron chi connectivity index (χ3n) is 2.40. The van der Waals surface area contributed by atoms with Crippen LogP contribution in [0, 0.1) is 0 Å². The van der Waals surface area contributed by atoms with Crippen molar-refractivity contribution >= 4 is 18.4 Å². The fraction of sp³-hybridized carbons (Fsp3) is 0.500. The molecule has 19 heavy (non-hydrogen) atoms. The van der Waals surface area contributed by atoms with E-state index >= 15 is 0 Å². The van der Waals surface area contributed by atoms with Gasteiger partial charge in [0.25, 0.3) is 5.56 Å². The minimum absolute atomic E-state index is 0. The number of methoxy groups -OCH3 is 1. The van der Waals surface area contributed by atoms with Crippen LogP contribution in [0.2, 0.25) is 0 Å². The Bertz CT molecular complexity index is 448. The summed E-state index contributed by atoms with van der Waals surface area (Å²) in [5.74, 6) is -0.525. The van der Waals surface area contributed by atoms with E-state index < -0.39 is 5.97 Å². The highest BCUT2D eigenvalue weighted by atomic mass is 35.5. The number of hydrogen-bond acceptors (Lipinski definition) is 5. The third kappa shape index (κ3) is 5.42. The van der Waals surface area contributed by atoms with Gasteiger partial charge in [-0.1, -0.05) is 6.07 Å². The van der Waals surface area contributed by atoms with E-state index in [9.17, 15) is 9.59 Å². The van der Waals surface area contributed by atoms with Crippen molar-refractivity contribution in [2.45, 2.75) is 6.54 Å². The van der Waals surface area contributed by atoms with Gasteiger partial charge in [-0.2, -0.15) is 0 Å². The van der Waals surface area contributed by atoms with Crippen LogP contribution in [0.3, 0.4) is 0 Å². The van der Waals surface area contributed by atoms with E-state index in [1.165, 1.54) is 23.8 Å². The molecule has 0 bridgehead atoms. The lowest BCUT2D eigenvalue weighted by Crippen LogP contribution is -2.28. The van der Waals surface area contributed by atoms with Crippen LogP contribution < -0.4 is 10.9 Å². The molecule has 1 rings (SSSR count). The van der Waals surface area contributed by atoms with E-state index in [1.54, 1.807) is 6.07 Å². The Morgan fingerprint density at radius 2 is 2.11 bits per heavy atom. The van der Waals surface area contributed by atoms with Gasteiger partial charge in [0.05, 0.1) is 20.3 Å². The minimum Gasteiger partial charge on any atom is -0.464 e. The first-order chi connectivity index (χ1) is 8.70. The van der Waals surface area contributed by atoms with Gasteiger partial charge in [-0.25, -0.2) is 4.79 Å². The molecule has 0 aromatic carbocycles. The van der Waals surface area contributed by atoms with Crippen molar-refractivity contribution < 1.29 is 14.3 Å². The first kappa shape index (κ1) is 17.6. The maximum Gasteiger partial charge on any atom is 0.354 e. The van der Waals surface area contributed by atoms with Gasteiger partial charge in [-0.05, 0) is 13.1 Å². The molecular weight excluding hydrogens is 272 g/mol. The lowest BCUT2D eigenvalue weighted by molar-refractivity contribution is 0.0582. The van der Waals surface area contributed by atoms with Gasteiger partial charge >= 0.3 is 5.97 Å². The lowest BCUT2D eigenvalue weighted by Gasteiger charge is -2.11. The number of esters is 1. The summed E-state index contributed by atoms with van der Waals surface area (Å²) in [6.07, 6.45) is 0. The van der Waals surface area contributed by atoms with Crippen LogP contribution in [0.15, 0.2) is 23.0 Å². The van der Waals surface area contributed by atoms with Crippen LogP contribution in [0.1, 0.15) is 10.5 Å². The van der Waals surface area contributed by atoms with Gasteiger partial charge in [-0.15, -0.1) is 12.4 Å². The van der Waals surface area contributed by atoms with Crippen molar-refractivity contribution in [3.05, 3.63) is 34.2 Å². The molecule has 0 aliphatic rings. The average Bonchev–Trinajstić information content (AvgIpc) is 2.39. The standard InChI is InChI=1S/C12H18N2O4.ClH/c1-13-6-8-18-9-7-14-10(12(16)17-2)4-3-5-11(14)15;/h3-5,13H,6-9H2,1-2H3;1H. The van der Waals surface area contributed by atoms with Gasteiger partial charge in [0.2, 0.25) is 0 Å². The zero-order chi connectivity index (χ0) is 13.4. The number of halogens is 1. The van der Waals surface area contributed by atoms with Gasteiger partial charge in [0, 0.05) is 19.2 Å². The van der Waals surface area contributed by atoms with E-state index in [0.717, 1.165) is 6.54 Å². The highest BCUT2D eigenvalue weighted by Crippen LogP contribution is 1.99. The van der Waals surface area contributed by atoms with Crippen LogP contribution in [0.5, 0.6) is 0 Å². The molecule has 7 heteroatoms. The molecule has 0 amide bonds. The van der Waals surface area contributed by atoms with Gasteiger partial charge in [-0.3, -0.25) is 4.79 Å². The highest BCUT2D eigenvalue weighted by Gasteiger charge is 2.11. The molecule has 0 aliphatic carbocycles. The number of carbonyl (C=O) groups excluding carboxylic acids is 1. The molecular formula is C12H19ClN2O4. The molecule has 1 N–H and O–H groups in total. The maximum absolute atomic E-state index is 11.7. The van der Waals surface area contributed by atoms with Crippen LogP contribution >= 0.6 is 12.4 Å².